The molecule has 1 heterocycles. The van der Waals surface area contributed by atoms with Gasteiger partial charge in [-0.15, -0.1) is 5.10 Å². The molecule has 0 unspecified atom stereocenters. The summed E-state index contributed by atoms with van der Waals surface area (Å²) in [6.45, 7) is 1.98. The van der Waals surface area contributed by atoms with Gasteiger partial charge in [0.25, 0.3) is 0 Å². The lowest BCUT2D eigenvalue weighted by Gasteiger charge is -2.12. The lowest BCUT2D eigenvalue weighted by molar-refractivity contribution is -0.127. The second kappa shape index (κ2) is 9.23. The topological polar surface area (TPSA) is 85.2 Å². The Labute approximate surface area is 199 Å². The van der Waals surface area contributed by atoms with Crippen molar-refractivity contribution in [2.75, 3.05) is 20.4 Å². The SMILES string of the molecule is Cc1ccccc1-c1nc(-c2ccc(CC(=O)N(C)C)cc2)n(-c2ccccc2S(C)(=O)=O)n1. The number of rotatable bonds is 6. The van der Waals surface area contributed by atoms with E-state index in [1.807, 2.05) is 55.5 Å². The maximum Gasteiger partial charge on any atom is 0.226 e. The first-order chi connectivity index (χ1) is 16.1. The molecule has 4 aromatic rings. The standard InChI is InChI=1S/C26H26N4O3S/c1-18-9-5-6-10-21(18)25-27-26(20-15-13-19(14-16-20)17-24(31)29(2)3)30(28-25)22-11-7-8-12-23(22)34(4,32)33/h5-16H,17H2,1-4H3. The zero-order valence-corrected chi connectivity index (χ0v) is 20.4. The molecule has 0 aliphatic heterocycles. The Kier molecular flexibility index (Phi) is 6.34. The number of carbonyl (C=O) groups excluding carboxylic acids is 1. The zero-order chi connectivity index (χ0) is 24.5. The number of hydrogen-bond acceptors (Lipinski definition) is 5. The van der Waals surface area contributed by atoms with Gasteiger partial charge in [0, 0.05) is 31.5 Å². The molecule has 34 heavy (non-hydrogen) atoms. The van der Waals surface area contributed by atoms with Crippen molar-refractivity contribution in [3.8, 4) is 28.5 Å². The third kappa shape index (κ3) is 4.77. The summed E-state index contributed by atoms with van der Waals surface area (Å²) in [5.41, 5.74) is 3.95. The molecule has 0 fully saturated rings. The number of amides is 1. The van der Waals surface area contributed by atoms with Gasteiger partial charge < -0.3 is 4.90 Å². The summed E-state index contributed by atoms with van der Waals surface area (Å²) in [7, 11) is -0.0479. The lowest BCUT2D eigenvalue weighted by atomic mass is 10.1. The van der Waals surface area contributed by atoms with Crippen molar-refractivity contribution in [2.24, 2.45) is 0 Å². The molecule has 0 atom stereocenters. The smallest absolute Gasteiger partial charge is 0.226 e. The highest BCUT2D eigenvalue weighted by molar-refractivity contribution is 7.90. The molecule has 3 aromatic carbocycles. The molecule has 0 N–H and O–H groups in total. The number of aryl methyl sites for hydroxylation is 1. The van der Waals surface area contributed by atoms with Crippen LogP contribution in [0.15, 0.2) is 77.7 Å². The Hall–Kier alpha value is -3.78. The van der Waals surface area contributed by atoms with E-state index in [9.17, 15) is 13.2 Å². The van der Waals surface area contributed by atoms with Gasteiger partial charge in [-0.3, -0.25) is 4.79 Å². The second-order valence-electron chi connectivity index (χ2n) is 8.39. The van der Waals surface area contributed by atoms with Crippen LogP contribution in [-0.4, -0.2) is 54.3 Å². The molecule has 0 saturated carbocycles. The molecule has 0 radical (unpaired) electrons. The van der Waals surface area contributed by atoms with Gasteiger partial charge in [-0.1, -0.05) is 60.7 Å². The van der Waals surface area contributed by atoms with Gasteiger partial charge in [0.1, 0.15) is 0 Å². The Morgan fingerprint density at radius 2 is 1.59 bits per heavy atom. The quantitative estimate of drug-likeness (QED) is 0.423. The predicted molar refractivity (Wildman–Crippen MR) is 132 cm³/mol. The number of likely N-dealkylation sites (N-methyl/N-ethyl adjacent to an activating group) is 1. The van der Waals surface area contributed by atoms with Crippen molar-refractivity contribution in [3.05, 3.63) is 83.9 Å². The van der Waals surface area contributed by atoms with Crippen LogP contribution in [0.2, 0.25) is 0 Å². The highest BCUT2D eigenvalue weighted by Gasteiger charge is 2.21. The van der Waals surface area contributed by atoms with Gasteiger partial charge in [0.2, 0.25) is 5.91 Å². The average molecular weight is 475 g/mol. The molecule has 7 nitrogen and oxygen atoms in total. The number of para-hydroxylation sites is 1. The molecule has 174 valence electrons. The summed E-state index contributed by atoms with van der Waals surface area (Å²) in [6, 6.07) is 22.1. The van der Waals surface area contributed by atoms with Gasteiger partial charge in [-0.2, -0.15) is 0 Å². The van der Waals surface area contributed by atoms with Crippen LogP contribution >= 0.6 is 0 Å². The largest absolute Gasteiger partial charge is 0.349 e. The van der Waals surface area contributed by atoms with Gasteiger partial charge in [-0.25, -0.2) is 18.1 Å². The highest BCUT2D eigenvalue weighted by Crippen LogP contribution is 2.29. The first kappa shape index (κ1) is 23.4. The molecular formula is C26H26N4O3S. The Balaban J connectivity index is 1.88. The third-order valence-electron chi connectivity index (χ3n) is 5.55. The van der Waals surface area contributed by atoms with E-state index in [0.717, 1.165) is 22.3 Å². The summed E-state index contributed by atoms with van der Waals surface area (Å²) in [4.78, 5) is 18.6. The highest BCUT2D eigenvalue weighted by atomic mass is 32.2. The van der Waals surface area contributed by atoms with Crippen molar-refractivity contribution >= 4 is 15.7 Å². The first-order valence-corrected chi connectivity index (χ1v) is 12.7. The molecule has 0 saturated heterocycles. The van der Waals surface area contributed by atoms with Crippen molar-refractivity contribution in [3.63, 3.8) is 0 Å². The van der Waals surface area contributed by atoms with E-state index in [1.54, 1.807) is 47.9 Å². The van der Waals surface area contributed by atoms with Crippen LogP contribution in [0.3, 0.4) is 0 Å². The van der Waals surface area contributed by atoms with Crippen LogP contribution in [0.5, 0.6) is 0 Å². The van der Waals surface area contributed by atoms with Gasteiger partial charge in [0.05, 0.1) is 17.0 Å². The summed E-state index contributed by atoms with van der Waals surface area (Å²) < 4.78 is 26.6. The fourth-order valence-electron chi connectivity index (χ4n) is 3.65. The number of hydrogen-bond donors (Lipinski definition) is 0. The van der Waals surface area contributed by atoms with E-state index in [2.05, 4.69) is 0 Å². The van der Waals surface area contributed by atoms with Crippen LogP contribution in [0, 0.1) is 6.92 Å². The summed E-state index contributed by atoms with van der Waals surface area (Å²) in [5.74, 6) is 1.03. The zero-order valence-electron chi connectivity index (χ0n) is 19.6. The van der Waals surface area contributed by atoms with Crippen LogP contribution in [0.25, 0.3) is 28.5 Å². The van der Waals surface area contributed by atoms with Crippen molar-refractivity contribution in [2.45, 2.75) is 18.2 Å². The van der Waals surface area contributed by atoms with Crippen LogP contribution in [-0.2, 0) is 21.1 Å². The minimum Gasteiger partial charge on any atom is -0.349 e. The van der Waals surface area contributed by atoms with Crippen molar-refractivity contribution in [1.82, 2.24) is 19.7 Å². The maximum atomic E-state index is 12.5. The van der Waals surface area contributed by atoms with Gasteiger partial charge in [0.15, 0.2) is 21.5 Å². The van der Waals surface area contributed by atoms with Crippen LogP contribution in [0.1, 0.15) is 11.1 Å². The first-order valence-electron chi connectivity index (χ1n) is 10.8. The van der Waals surface area contributed by atoms with E-state index in [-0.39, 0.29) is 10.8 Å². The van der Waals surface area contributed by atoms with E-state index < -0.39 is 9.84 Å². The predicted octanol–water partition coefficient (Wildman–Crippen LogP) is 3.94. The van der Waals surface area contributed by atoms with Crippen LogP contribution in [0.4, 0.5) is 0 Å². The number of benzene rings is 3. The van der Waals surface area contributed by atoms with Gasteiger partial charge >= 0.3 is 0 Å². The molecular weight excluding hydrogens is 448 g/mol. The van der Waals surface area contributed by atoms with E-state index >= 15 is 0 Å². The maximum absolute atomic E-state index is 12.5. The number of sulfone groups is 1. The average Bonchev–Trinajstić information content (AvgIpc) is 3.24. The lowest BCUT2D eigenvalue weighted by Crippen LogP contribution is -2.23. The number of aromatic nitrogens is 3. The molecule has 0 aliphatic rings. The molecule has 0 spiro atoms. The second-order valence-corrected chi connectivity index (χ2v) is 10.4. The minimum atomic E-state index is -3.50. The van der Waals surface area contributed by atoms with E-state index in [1.165, 1.54) is 6.26 Å². The Morgan fingerprint density at radius 3 is 2.24 bits per heavy atom. The molecule has 1 amide bonds. The fourth-order valence-corrected chi connectivity index (χ4v) is 4.52. The summed E-state index contributed by atoms with van der Waals surface area (Å²) >= 11 is 0. The van der Waals surface area contributed by atoms with Crippen molar-refractivity contribution in [1.29, 1.82) is 0 Å². The third-order valence-corrected chi connectivity index (χ3v) is 6.70. The monoisotopic (exact) mass is 474 g/mol. The molecule has 4 rings (SSSR count). The van der Waals surface area contributed by atoms with Crippen LogP contribution < -0.4 is 0 Å². The fraction of sp³-hybridized carbons (Fsp3) is 0.192. The Morgan fingerprint density at radius 1 is 0.941 bits per heavy atom. The number of nitrogens with zero attached hydrogens (tertiary/aromatic N) is 4. The van der Waals surface area contributed by atoms with E-state index in [0.29, 0.717) is 23.8 Å². The molecule has 8 heteroatoms. The van der Waals surface area contributed by atoms with Gasteiger partial charge in [-0.05, 0) is 30.2 Å². The molecule has 0 aliphatic carbocycles. The number of carbonyl (C=O) groups is 1. The Bertz CT molecular complexity index is 1460. The molecule has 0 bridgehead atoms. The summed E-state index contributed by atoms with van der Waals surface area (Å²) in [6.07, 6.45) is 1.48. The summed E-state index contributed by atoms with van der Waals surface area (Å²) in [5, 5.41) is 4.74. The van der Waals surface area contributed by atoms with E-state index in [4.69, 9.17) is 10.1 Å². The minimum absolute atomic E-state index is 0.0137. The molecule has 1 aromatic heterocycles. The van der Waals surface area contributed by atoms with Crippen molar-refractivity contribution < 1.29 is 13.2 Å². The normalized spacial score (nSPS) is 11.4.